The Morgan fingerprint density at radius 1 is 1.22 bits per heavy atom. The SMILES string of the molecule is CC(C)(C)Cn1cc(C(=O)C(C)(C)C)cnc1=O. The minimum absolute atomic E-state index is 0.00217. The highest BCUT2D eigenvalue weighted by molar-refractivity contribution is 5.99. The Balaban J connectivity index is 3.17. The van der Waals surface area contributed by atoms with Crippen LogP contribution in [0.1, 0.15) is 51.9 Å². The molecule has 0 atom stereocenters. The molecule has 0 bridgehead atoms. The molecule has 1 heterocycles. The molecule has 0 aromatic carbocycles. The van der Waals surface area contributed by atoms with Crippen LogP contribution in [0.2, 0.25) is 0 Å². The number of carbonyl (C=O) groups excluding carboxylic acids is 1. The molecule has 0 saturated carbocycles. The Bertz CT molecular complexity index is 502. The minimum Gasteiger partial charge on any atom is -0.298 e. The maximum Gasteiger partial charge on any atom is 0.347 e. The van der Waals surface area contributed by atoms with E-state index in [1.54, 1.807) is 6.20 Å². The summed E-state index contributed by atoms with van der Waals surface area (Å²) < 4.78 is 1.51. The van der Waals surface area contributed by atoms with E-state index in [1.165, 1.54) is 10.8 Å². The molecule has 4 nitrogen and oxygen atoms in total. The average Bonchev–Trinajstić information content (AvgIpc) is 2.17. The first-order chi connectivity index (χ1) is 8.00. The predicted octanol–water partition coefficient (Wildman–Crippen LogP) is 2.52. The topological polar surface area (TPSA) is 52.0 Å². The summed E-state index contributed by atoms with van der Waals surface area (Å²) in [5.41, 5.74) is -0.317. The van der Waals surface area contributed by atoms with E-state index in [0.717, 1.165) is 0 Å². The normalized spacial score (nSPS) is 12.6. The first-order valence-corrected chi connectivity index (χ1v) is 6.12. The van der Waals surface area contributed by atoms with E-state index in [9.17, 15) is 9.59 Å². The zero-order chi connectivity index (χ0) is 14.1. The van der Waals surface area contributed by atoms with Gasteiger partial charge in [-0.2, -0.15) is 0 Å². The van der Waals surface area contributed by atoms with Crippen molar-refractivity contribution < 1.29 is 4.79 Å². The number of ketones is 1. The van der Waals surface area contributed by atoms with Crippen molar-refractivity contribution in [2.24, 2.45) is 10.8 Å². The second-order valence-electron chi connectivity index (χ2n) is 6.89. The standard InChI is InChI=1S/C14H22N2O2/c1-13(2,3)9-16-8-10(7-15-12(16)18)11(17)14(4,5)6/h7-8H,9H2,1-6H3. The lowest BCUT2D eigenvalue weighted by Gasteiger charge is -2.21. The van der Waals surface area contributed by atoms with Gasteiger partial charge in [0.25, 0.3) is 0 Å². The fourth-order valence-electron chi connectivity index (χ4n) is 1.63. The van der Waals surface area contributed by atoms with Crippen molar-refractivity contribution in [2.45, 2.75) is 48.1 Å². The number of aromatic nitrogens is 2. The van der Waals surface area contributed by atoms with Gasteiger partial charge in [-0.3, -0.25) is 9.36 Å². The summed E-state index contributed by atoms with van der Waals surface area (Å²) in [4.78, 5) is 27.6. The van der Waals surface area contributed by atoms with Gasteiger partial charge in [0, 0.05) is 24.4 Å². The Kier molecular flexibility index (Phi) is 3.79. The molecule has 0 aliphatic carbocycles. The van der Waals surface area contributed by atoms with E-state index in [-0.39, 0.29) is 16.9 Å². The van der Waals surface area contributed by atoms with E-state index in [1.807, 2.05) is 41.5 Å². The van der Waals surface area contributed by atoms with Gasteiger partial charge in [-0.25, -0.2) is 9.78 Å². The molecule has 0 radical (unpaired) electrons. The fraction of sp³-hybridized carbons (Fsp3) is 0.643. The number of rotatable bonds is 2. The van der Waals surface area contributed by atoms with Gasteiger partial charge < -0.3 is 0 Å². The van der Waals surface area contributed by atoms with E-state index < -0.39 is 5.41 Å². The Labute approximate surface area is 108 Å². The second-order valence-corrected chi connectivity index (χ2v) is 6.89. The van der Waals surface area contributed by atoms with Gasteiger partial charge in [0.05, 0.1) is 5.56 Å². The molecule has 0 saturated heterocycles. The molecule has 18 heavy (non-hydrogen) atoms. The maximum atomic E-state index is 12.1. The van der Waals surface area contributed by atoms with Crippen molar-refractivity contribution in [1.82, 2.24) is 9.55 Å². The minimum atomic E-state index is -0.467. The summed E-state index contributed by atoms with van der Waals surface area (Å²) in [6.07, 6.45) is 2.99. The van der Waals surface area contributed by atoms with Crippen LogP contribution in [0.4, 0.5) is 0 Å². The third-order valence-corrected chi connectivity index (χ3v) is 2.44. The highest BCUT2D eigenvalue weighted by Gasteiger charge is 2.24. The van der Waals surface area contributed by atoms with E-state index in [0.29, 0.717) is 12.1 Å². The average molecular weight is 250 g/mol. The monoisotopic (exact) mass is 250 g/mol. The molecular formula is C14H22N2O2. The smallest absolute Gasteiger partial charge is 0.298 e. The Morgan fingerprint density at radius 2 is 1.78 bits per heavy atom. The fourth-order valence-corrected chi connectivity index (χ4v) is 1.63. The molecule has 0 spiro atoms. The summed E-state index contributed by atoms with van der Waals surface area (Å²) in [6, 6.07) is 0. The van der Waals surface area contributed by atoms with Crippen LogP contribution in [0.3, 0.4) is 0 Å². The van der Waals surface area contributed by atoms with Gasteiger partial charge in [0.15, 0.2) is 5.78 Å². The molecule has 0 aliphatic heterocycles. The third kappa shape index (κ3) is 3.79. The van der Waals surface area contributed by atoms with E-state index in [2.05, 4.69) is 4.98 Å². The van der Waals surface area contributed by atoms with Gasteiger partial charge in [0.1, 0.15) is 0 Å². The highest BCUT2D eigenvalue weighted by atomic mass is 16.1. The van der Waals surface area contributed by atoms with Crippen molar-refractivity contribution in [3.63, 3.8) is 0 Å². The predicted molar refractivity (Wildman–Crippen MR) is 71.7 cm³/mol. The summed E-state index contributed by atoms with van der Waals surface area (Å²) >= 11 is 0. The molecule has 100 valence electrons. The summed E-state index contributed by atoms with van der Waals surface area (Å²) in [5.74, 6) is -0.00217. The molecule has 1 aromatic rings. The molecule has 4 heteroatoms. The zero-order valence-electron chi connectivity index (χ0n) is 12.1. The van der Waals surface area contributed by atoms with Crippen molar-refractivity contribution in [1.29, 1.82) is 0 Å². The van der Waals surface area contributed by atoms with Crippen LogP contribution in [0.25, 0.3) is 0 Å². The zero-order valence-corrected chi connectivity index (χ0v) is 12.1. The lowest BCUT2D eigenvalue weighted by Crippen LogP contribution is -2.30. The quantitative estimate of drug-likeness (QED) is 0.758. The molecule has 0 aliphatic rings. The maximum absolute atomic E-state index is 12.1. The largest absolute Gasteiger partial charge is 0.347 e. The Morgan fingerprint density at radius 3 is 2.22 bits per heavy atom. The molecular weight excluding hydrogens is 228 g/mol. The van der Waals surface area contributed by atoms with Gasteiger partial charge in [0.2, 0.25) is 0 Å². The molecule has 0 amide bonds. The van der Waals surface area contributed by atoms with Crippen molar-refractivity contribution in [3.05, 3.63) is 28.4 Å². The summed E-state index contributed by atoms with van der Waals surface area (Å²) in [7, 11) is 0. The second kappa shape index (κ2) is 4.67. The first kappa shape index (κ1) is 14.6. The number of hydrogen-bond acceptors (Lipinski definition) is 3. The van der Waals surface area contributed by atoms with Crippen molar-refractivity contribution in [2.75, 3.05) is 0 Å². The molecule has 0 fully saturated rings. The number of Topliss-reactive ketones (excluding diaryl/α,β-unsaturated/α-hetero) is 1. The van der Waals surface area contributed by atoms with E-state index >= 15 is 0 Å². The third-order valence-electron chi connectivity index (χ3n) is 2.44. The van der Waals surface area contributed by atoms with Crippen molar-refractivity contribution in [3.8, 4) is 0 Å². The molecule has 1 aromatic heterocycles. The number of carbonyl (C=O) groups is 1. The summed E-state index contributed by atoms with van der Waals surface area (Å²) in [5, 5.41) is 0. The van der Waals surface area contributed by atoms with Crippen LogP contribution in [0.5, 0.6) is 0 Å². The molecule has 0 unspecified atom stereocenters. The van der Waals surface area contributed by atoms with Crippen LogP contribution < -0.4 is 5.69 Å². The molecule has 0 N–H and O–H groups in total. The van der Waals surface area contributed by atoms with Crippen molar-refractivity contribution >= 4 is 5.78 Å². The lowest BCUT2D eigenvalue weighted by atomic mass is 9.87. The van der Waals surface area contributed by atoms with E-state index in [4.69, 9.17) is 0 Å². The van der Waals surface area contributed by atoms with Crippen LogP contribution >= 0.6 is 0 Å². The number of hydrogen-bond donors (Lipinski definition) is 0. The number of nitrogens with zero attached hydrogens (tertiary/aromatic N) is 2. The van der Waals surface area contributed by atoms with Crippen LogP contribution in [-0.2, 0) is 6.54 Å². The highest BCUT2D eigenvalue weighted by Crippen LogP contribution is 2.20. The molecule has 1 rings (SSSR count). The lowest BCUT2D eigenvalue weighted by molar-refractivity contribution is 0.0856. The van der Waals surface area contributed by atoms with Gasteiger partial charge in [-0.05, 0) is 5.41 Å². The van der Waals surface area contributed by atoms with Crippen LogP contribution in [-0.4, -0.2) is 15.3 Å². The van der Waals surface area contributed by atoms with Crippen LogP contribution in [0, 0.1) is 10.8 Å². The Hall–Kier alpha value is -1.45. The first-order valence-electron chi connectivity index (χ1n) is 6.12. The summed E-state index contributed by atoms with van der Waals surface area (Å²) in [6.45, 7) is 12.2. The van der Waals surface area contributed by atoms with Gasteiger partial charge >= 0.3 is 5.69 Å². The van der Waals surface area contributed by atoms with Gasteiger partial charge in [-0.15, -0.1) is 0 Å². The van der Waals surface area contributed by atoms with Crippen LogP contribution in [0.15, 0.2) is 17.2 Å². The van der Waals surface area contributed by atoms with Gasteiger partial charge in [-0.1, -0.05) is 41.5 Å².